The van der Waals surface area contributed by atoms with Gasteiger partial charge in [-0.2, -0.15) is 0 Å². The fraction of sp³-hybridized carbons (Fsp3) is 0.379. The van der Waals surface area contributed by atoms with Gasteiger partial charge < -0.3 is 24.8 Å². The minimum Gasteiger partial charge on any atom is -0.444 e. The minimum absolute atomic E-state index is 0.159. The molecule has 212 valence electrons. The van der Waals surface area contributed by atoms with Gasteiger partial charge in [-0.3, -0.25) is 4.79 Å². The second-order valence-electron chi connectivity index (χ2n) is 10.6. The van der Waals surface area contributed by atoms with E-state index >= 15 is 0 Å². The molecule has 9 nitrogen and oxygen atoms in total. The Labute approximate surface area is 232 Å². The van der Waals surface area contributed by atoms with Crippen LogP contribution in [0, 0.1) is 11.6 Å². The van der Waals surface area contributed by atoms with Crippen molar-refractivity contribution in [3.63, 3.8) is 0 Å². The number of carbonyl (C=O) groups excluding carboxylic acids is 2. The second-order valence-corrected chi connectivity index (χ2v) is 10.6. The van der Waals surface area contributed by atoms with Crippen molar-refractivity contribution in [1.29, 1.82) is 0 Å². The fourth-order valence-corrected chi connectivity index (χ4v) is 4.33. The van der Waals surface area contributed by atoms with E-state index in [4.69, 9.17) is 4.74 Å². The van der Waals surface area contributed by atoms with Crippen LogP contribution >= 0.6 is 0 Å². The molecular formula is C29H34F2N6O3. The first-order valence-electron chi connectivity index (χ1n) is 13.1. The van der Waals surface area contributed by atoms with Crippen molar-refractivity contribution < 1.29 is 23.1 Å². The van der Waals surface area contributed by atoms with Crippen LogP contribution in [0.25, 0.3) is 11.1 Å². The summed E-state index contributed by atoms with van der Waals surface area (Å²) in [5.41, 5.74) is 2.41. The van der Waals surface area contributed by atoms with Gasteiger partial charge in [-0.05, 0) is 50.1 Å². The maximum atomic E-state index is 14.2. The molecule has 3 aromatic rings. The zero-order valence-electron chi connectivity index (χ0n) is 23.2. The van der Waals surface area contributed by atoms with Gasteiger partial charge in [0.1, 0.15) is 23.8 Å². The molecule has 40 heavy (non-hydrogen) atoms. The number of amides is 2. The van der Waals surface area contributed by atoms with Gasteiger partial charge >= 0.3 is 6.09 Å². The number of nitrogens with zero attached hydrogens (tertiary/aromatic N) is 5. The number of rotatable bonds is 7. The van der Waals surface area contributed by atoms with E-state index in [0.29, 0.717) is 44.4 Å². The summed E-state index contributed by atoms with van der Waals surface area (Å²) in [6.45, 7) is 7.82. The molecule has 0 saturated carbocycles. The van der Waals surface area contributed by atoms with E-state index in [-0.39, 0.29) is 12.5 Å². The average molecular weight is 553 g/mol. The molecule has 1 saturated heterocycles. The van der Waals surface area contributed by atoms with Crippen LogP contribution in [0.2, 0.25) is 0 Å². The van der Waals surface area contributed by atoms with Crippen LogP contribution in [0.4, 0.5) is 25.2 Å². The van der Waals surface area contributed by atoms with E-state index in [0.717, 1.165) is 22.8 Å². The van der Waals surface area contributed by atoms with Crippen molar-refractivity contribution >= 4 is 23.6 Å². The maximum Gasteiger partial charge on any atom is 0.408 e. The predicted molar refractivity (Wildman–Crippen MR) is 149 cm³/mol. The smallest absolute Gasteiger partial charge is 0.408 e. The number of nitrogens with one attached hydrogen (secondary N) is 1. The molecule has 1 fully saturated rings. The van der Waals surface area contributed by atoms with Crippen LogP contribution in [0.1, 0.15) is 26.3 Å². The molecule has 2 heterocycles. The van der Waals surface area contributed by atoms with Crippen LogP contribution in [0.15, 0.2) is 54.9 Å². The Balaban J connectivity index is 1.31. The molecule has 4 rings (SSSR count). The molecule has 0 aliphatic carbocycles. The third-order valence-electron chi connectivity index (χ3n) is 6.34. The first-order valence-corrected chi connectivity index (χ1v) is 13.1. The summed E-state index contributed by atoms with van der Waals surface area (Å²) in [7, 11) is 1.67. The molecule has 1 aliphatic heterocycles. The molecule has 1 aliphatic rings. The van der Waals surface area contributed by atoms with Crippen LogP contribution in [0.3, 0.4) is 0 Å². The number of likely N-dealkylation sites (N-methyl/N-ethyl adjacent to an activating group) is 1. The molecule has 0 bridgehead atoms. The van der Waals surface area contributed by atoms with Crippen LogP contribution < -0.4 is 15.1 Å². The van der Waals surface area contributed by atoms with Gasteiger partial charge in [-0.25, -0.2) is 23.5 Å². The Morgan fingerprint density at radius 2 is 1.65 bits per heavy atom. The lowest BCUT2D eigenvalue weighted by molar-refractivity contribution is -0.129. The van der Waals surface area contributed by atoms with E-state index in [2.05, 4.69) is 15.3 Å². The lowest BCUT2D eigenvalue weighted by Gasteiger charge is -2.36. The minimum atomic E-state index is -0.637. The van der Waals surface area contributed by atoms with E-state index in [1.165, 1.54) is 17.0 Å². The number of carbonyl (C=O) groups is 2. The van der Waals surface area contributed by atoms with Crippen molar-refractivity contribution in [3.05, 3.63) is 72.1 Å². The lowest BCUT2D eigenvalue weighted by atomic mass is 10.1. The summed E-state index contributed by atoms with van der Waals surface area (Å²) >= 11 is 0. The normalized spacial score (nSPS) is 13.7. The summed E-state index contributed by atoms with van der Waals surface area (Å²) in [6.07, 6.45) is 2.88. The van der Waals surface area contributed by atoms with E-state index in [9.17, 15) is 18.4 Å². The third-order valence-corrected chi connectivity index (χ3v) is 6.34. The summed E-state index contributed by atoms with van der Waals surface area (Å²) in [5, 5.41) is 2.48. The molecule has 2 aromatic carbocycles. The van der Waals surface area contributed by atoms with Gasteiger partial charge in [0, 0.05) is 63.8 Å². The Hall–Kier alpha value is -4.28. The van der Waals surface area contributed by atoms with E-state index < -0.39 is 23.3 Å². The van der Waals surface area contributed by atoms with Crippen LogP contribution in [0.5, 0.6) is 0 Å². The van der Waals surface area contributed by atoms with Gasteiger partial charge in [0.05, 0.1) is 5.69 Å². The highest BCUT2D eigenvalue weighted by Gasteiger charge is 2.22. The zero-order valence-corrected chi connectivity index (χ0v) is 23.2. The number of aromatic nitrogens is 2. The van der Waals surface area contributed by atoms with Gasteiger partial charge in [-0.15, -0.1) is 0 Å². The second kappa shape index (κ2) is 12.3. The number of hydrogen-bond donors (Lipinski definition) is 1. The molecule has 0 radical (unpaired) electrons. The van der Waals surface area contributed by atoms with Crippen LogP contribution in [-0.4, -0.2) is 72.2 Å². The fourth-order valence-electron chi connectivity index (χ4n) is 4.33. The molecule has 0 unspecified atom stereocenters. The number of halogens is 2. The predicted octanol–water partition coefficient (Wildman–Crippen LogP) is 4.23. The summed E-state index contributed by atoms with van der Waals surface area (Å²) < 4.78 is 32.6. The topological polar surface area (TPSA) is 90.9 Å². The molecular weight excluding hydrogens is 518 g/mol. The van der Waals surface area contributed by atoms with Crippen LogP contribution in [-0.2, 0) is 16.1 Å². The van der Waals surface area contributed by atoms with Crippen molar-refractivity contribution in [1.82, 2.24) is 20.2 Å². The molecule has 1 aromatic heterocycles. The van der Waals surface area contributed by atoms with Crippen molar-refractivity contribution in [2.75, 3.05) is 49.6 Å². The molecule has 11 heteroatoms. The SMILES string of the molecule is CN(Cc1cccc(-c2cnc(N3CCN(c4ccc(F)cc4F)CC3)nc2)c1)C(=O)CNC(=O)OC(C)(C)C. The Kier molecular flexibility index (Phi) is 8.81. The highest BCUT2D eigenvalue weighted by atomic mass is 19.1. The van der Waals surface area contributed by atoms with Gasteiger partial charge in [0.25, 0.3) is 0 Å². The first-order chi connectivity index (χ1) is 19.0. The monoisotopic (exact) mass is 552 g/mol. The number of anilines is 2. The summed E-state index contributed by atoms with van der Waals surface area (Å²) in [4.78, 5) is 38.9. The van der Waals surface area contributed by atoms with Gasteiger partial charge in [-0.1, -0.05) is 18.2 Å². The summed E-state index contributed by atoms with van der Waals surface area (Å²) in [6, 6.07) is 11.4. The number of alkyl carbamates (subject to hydrolysis) is 1. The quantitative estimate of drug-likeness (QED) is 0.469. The molecule has 0 atom stereocenters. The molecule has 1 N–H and O–H groups in total. The van der Waals surface area contributed by atoms with Gasteiger partial charge in [0.2, 0.25) is 11.9 Å². The van der Waals surface area contributed by atoms with E-state index in [1.807, 2.05) is 34.1 Å². The molecule has 2 amide bonds. The standard InChI is InChI=1S/C29H34F2N6O3/c1-29(2,3)40-28(39)34-18-26(38)35(4)19-20-6-5-7-21(14-20)22-16-32-27(33-17-22)37-12-10-36(11-13-37)25-9-8-23(30)15-24(25)31/h5-9,14-17H,10-13,18-19H2,1-4H3,(H,34,39). The number of hydrogen-bond acceptors (Lipinski definition) is 7. The average Bonchev–Trinajstić information content (AvgIpc) is 2.91. The highest BCUT2D eigenvalue weighted by Crippen LogP contribution is 2.24. The third kappa shape index (κ3) is 7.64. The van der Waals surface area contributed by atoms with Gasteiger partial charge in [0.15, 0.2) is 0 Å². The van der Waals surface area contributed by atoms with Crippen molar-refractivity contribution in [2.24, 2.45) is 0 Å². The Morgan fingerprint density at radius 3 is 2.30 bits per heavy atom. The van der Waals surface area contributed by atoms with Crippen molar-refractivity contribution in [2.45, 2.75) is 32.9 Å². The van der Waals surface area contributed by atoms with Crippen molar-refractivity contribution in [3.8, 4) is 11.1 Å². The number of benzene rings is 2. The maximum absolute atomic E-state index is 14.2. The van der Waals surface area contributed by atoms with E-state index in [1.54, 1.807) is 40.2 Å². The highest BCUT2D eigenvalue weighted by molar-refractivity contribution is 5.82. The molecule has 0 spiro atoms. The zero-order chi connectivity index (χ0) is 28.9. The Bertz CT molecular complexity index is 1340. The summed E-state index contributed by atoms with van der Waals surface area (Å²) in [5.74, 6) is -0.815. The largest absolute Gasteiger partial charge is 0.444 e. The number of ether oxygens (including phenoxy) is 1. The number of piperazine rings is 1. The first kappa shape index (κ1) is 28.7. The Morgan fingerprint density at radius 1 is 0.975 bits per heavy atom. The lowest BCUT2D eigenvalue weighted by Crippen LogP contribution is -2.47.